The number of carbonyl (C=O) groups excluding carboxylic acids is 1. The Labute approximate surface area is 118 Å². The Morgan fingerprint density at radius 1 is 1.53 bits per heavy atom. The molecule has 1 aromatic heterocycles. The first-order valence-electron chi connectivity index (χ1n) is 7.09. The fourth-order valence-electron chi connectivity index (χ4n) is 2.69. The third-order valence-electron chi connectivity index (χ3n) is 3.67. The summed E-state index contributed by atoms with van der Waals surface area (Å²) >= 11 is 1.40. The second-order valence-corrected chi connectivity index (χ2v) is 6.27. The summed E-state index contributed by atoms with van der Waals surface area (Å²) in [5.74, 6) is 0.206. The van der Waals surface area contributed by atoms with Crippen molar-refractivity contribution in [3.05, 3.63) is 12.5 Å². The SMILES string of the molecule is CCN(C(=O)C(C)Sc1ncco1)C1CCCCC1. The lowest BCUT2D eigenvalue weighted by Crippen LogP contribution is -2.44. The molecule has 0 N–H and O–H groups in total. The number of nitrogens with zero attached hydrogens (tertiary/aromatic N) is 2. The third kappa shape index (κ3) is 3.75. The minimum absolute atomic E-state index is 0.138. The Morgan fingerprint density at radius 2 is 2.26 bits per heavy atom. The summed E-state index contributed by atoms with van der Waals surface area (Å²) in [5, 5.41) is 0.432. The van der Waals surface area contributed by atoms with E-state index in [0.717, 1.165) is 19.4 Å². The Morgan fingerprint density at radius 3 is 2.84 bits per heavy atom. The Hall–Kier alpha value is -0.970. The van der Waals surface area contributed by atoms with E-state index in [1.54, 1.807) is 6.20 Å². The number of carbonyl (C=O) groups is 1. The van der Waals surface area contributed by atoms with Gasteiger partial charge in [-0.05, 0) is 26.7 Å². The van der Waals surface area contributed by atoms with Crippen LogP contribution in [0.15, 0.2) is 22.1 Å². The van der Waals surface area contributed by atoms with Crippen molar-refractivity contribution in [2.24, 2.45) is 0 Å². The predicted molar refractivity (Wildman–Crippen MR) is 76.1 cm³/mol. The molecule has 4 nitrogen and oxygen atoms in total. The molecule has 0 radical (unpaired) electrons. The highest BCUT2D eigenvalue weighted by Crippen LogP contribution is 2.27. The van der Waals surface area contributed by atoms with Crippen LogP contribution in [0.3, 0.4) is 0 Å². The summed E-state index contributed by atoms with van der Waals surface area (Å²) < 4.78 is 5.19. The van der Waals surface area contributed by atoms with Gasteiger partial charge in [0.15, 0.2) is 0 Å². The number of rotatable bonds is 5. The van der Waals surface area contributed by atoms with E-state index in [1.165, 1.54) is 37.3 Å². The summed E-state index contributed by atoms with van der Waals surface area (Å²) in [6, 6.07) is 0.430. The zero-order chi connectivity index (χ0) is 13.7. The molecule has 1 unspecified atom stereocenters. The molecule has 19 heavy (non-hydrogen) atoms. The highest BCUT2D eigenvalue weighted by atomic mass is 32.2. The van der Waals surface area contributed by atoms with Gasteiger partial charge in [0.05, 0.1) is 11.4 Å². The third-order valence-corrected chi connectivity index (χ3v) is 4.63. The van der Waals surface area contributed by atoms with E-state index in [0.29, 0.717) is 11.3 Å². The molecular weight excluding hydrogens is 260 g/mol. The number of hydrogen-bond donors (Lipinski definition) is 0. The standard InChI is InChI=1S/C14H22N2O2S/c1-3-16(12-7-5-4-6-8-12)13(17)11(2)19-14-15-9-10-18-14/h9-12H,3-8H2,1-2H3. The molecular formula is C14H22N2O2S. The topological polar surface area (TPSA) is 46.3 Å². The number of hydrogen-bond acceptors (Lipinski definition) is 4. The number of aromatic nitrogens is 1. The van der Waals surface area contributed by atoms with Gasteiger partial charge in [-0.2, -0.15) is 0 Å². The number of amides is 1. The lowest BCUT2D eigenvalue weighted by atomic mass is 9.94. The molecule has 1 aromatic rings. The van der Waals surface area contributed by atoms with Crippen molar-refractivity contribution in [3.8, 4) is 0 Å². The summed E-state index contributed by atoms with van der Waals surface area (Å²) in [6.07, 6.45) is 9.25. The fourth-order valence-corrected chi connectivity index (χ4v) is 3.46. The largest absolute Gasteiger partial charge is 0.440 e. The number of oxazole rings is 1. The zero-order valence-corrected chi connectivity index (χ0v) is 12.5. The lowest BCUT2D eigenvalue weighted by Gasteiger charge is -2.34. The molecule has 1 amide bonds. The molecule has 0 aliphatic heterocycles. The van der Waals surface area contributed by atoms with Crippen LogP contribution < -0.4 is 0 Å². The second kappa shape index (κ2) is 6.98. The smallest absolute Gasteiger partial charge is 0.256 e. The van der Waals surface area contributed by atoms with Gasteiger partial charge in [-0.1, -0.05) is 31.0 Å². The van der Waals surface area contributed by atoms with Gasteiger partial charge in [0.2, 0.25) is 5.91 Å². The first-order chi connectivity index (χ1) is 9.22. The van der Waals surface area contributed by atoms with Gasteiger partial charge in [-0.15, -0.1) is 0 Å². The van der Waals surface area contributed by atoms with Crippen LogP contribution in [0.2, 0.25) is 0 Å². The molecule has 1 heterocycles. The molecule has 1 aliphatic rings. The van der Waals surface area contributed by atoms with Gasteiger partial charge >= 0.3 is 0 Å². The van der Waals surface area contributed by atoms with Crippen molar-refractivity contribution in [1.29, 1.82) is 0 Å². The van der Waals surface area contributed by atoms with Crippen LogP contribution in [0.25, 0.3) is 0 Å². The summed E-state index contributed by atoms with van der Waals surface area (Å²) in [7, 11) is 0. The van der Waals surface area contributed by atoms with E-state index >= 15 is 0 Å². The van der Waals surface area contributed by atoms with Crippen molar-refractivity contribution >= 4 is 17.7 Å². The van der Waals surface area contributed by atoms with E-state index < -0.39 is 0 Å². The van der Waals surface area contributed by atoms with Crippen molar-refractivity contribution < 1.29 is 9.21 Å². The van der Waals surface area contributed by atoms with Gasteiger partial charge in [0.25, 0.3) is 5.22 Å². The van der Waals surface area contributed by atoms with Crippen molar-refractivity contribution in [2.45, 2.75) is 62.5 Å². The van der Waals surface area contributed by atoms with Gasteiger partial charge in [0.1, 0.15) is 6.26 Å². The maximum absolute atomic E-state index is 12.5. The minimum Gasteiger partial charge on any atom is -0.440 e. The number of thioether (sulfide) groups is 1. The van der Waals surface area contributed by atoms with Crippen molar-refractivity contribution in [1.82, 2.24) is 9.88 Å². The van der Waals surface area contributed by atoms with Crippen LogP contribution in [0.4, 0.5) is 0 Å². The van der Waals surface area contributed by atoms with Crippen LogP contribution in [0, 0.1) is 0 Å². The van der Waals surface area contributed by atoms with Crippen LogP contribution in [0.1, 0.15) is 46.0 Å². The summed E-state index contributed by atoms with van der Waals surface area (Å²) in [6.45, 7) is 4.79. The first kappa shape index (κ1) is 14.4. The fraction of sp³-hybridized carbons (Fsp3) is 0.714. The van der Waals surface area contributed by atoms with Crippen LogP contribution >= 0.6 is 11.8 Å². The molecule has 0 saturated heterocycles. The first-order valence-corrected chi connectivity index (χ1v) is 7.97. The molecule has 0 bridgehead atoms. The molecule has 1 saturated carbocycles. The van der Waals surface area contributed by atoms with E-state index in [1.807, 2.05) is 11.8 Å². The summed E-state index contributed by atoms with van der Waals surface area (Å²) in [5.41, 5.74) is 0. The predicted octanol–water partition coefficient (Wildman–Crippen LogP) is 3.34. The minimum atomic E-state index is -0.138. The molecule has 0 spiro atoms. The maximum atomic E-state index is 12.5. The maximum Gasteiger partial charge on any atom is 0.256 e. The Balaban J connectivity index is 1.94. The highest BCUT2D eigenvalue weighted by Gasteiger charge is 2.28. The Bertz CT molecular complexity index is 388. The molecule has 1 aliphatic carbocycles. The van der Waals surface area contributed by atoms with Gasteiger partial charge in [-0.25, -0.2) is 4.98 Å². The van der Waals surface area contributed by atoms with E-state index in [-0.39, 0.29) is 11.2 Å². The average Bonchev–Trinajstić information content (AvgIpc) is 2.93. The van der Waals surface area contributed by atoms with Crippen LogP contribution in [-0.2, 0) is 4.79 Å². The average molecular weight is 282 g/mol. The van der Waals surface area contributed by atoms with Crippen LogP contribution in [0.5, 0.6) is 0 Å². The van der Waals surface area contributed by atoms with E-state index in [2.05, 4.69) is 11.9 Å². The quantitative estimate of drug-likeness (QED) is 0.777. The van der Waals surface area contributed by atoms with Crippen LogP contribution in [-0.4, -0.2) is 33.6 Å². The van der Waals surface area contributed by atoms with E-state index in [9.17, 15) is 4.79 Å². The van der Waals surface area contributed by atoms with Crippen molar-refractivity contribution in [2.75, 3.05) is 6.54 Å². The monoisotopic (exact) mass is 282 g/mol. The summed E-state index contributed by atoms with van der Waals surface area (Å²) in [4.78, 5) is 18.6. The normalized spacial score (nSPS) is 18.2. The highest BCUT2D eigenvalue weighted by molar-refractivity contribution is 8.00. The van der Waals surface area contributed by atoms with E-state index in [4.69, 9.17) is 4.42 Å². The van der Waals surface area contributed by atoms with Gasteiger partial charge in [-0.3, -0.25) is 4.79 Å². The Kier molecular flexibility index (Phi) is 5.31. The lowest BCUT2D eigenvalue weighted by molar-refractivity contribution is -0.133. The second-order valence-electron chi connectivity index (χ2n) is 4.97. The molecule has 2 rings (SSSR count). The molecule has 106 valence electrons. The van der Waals surface area contributed by atoms with Gasteiger partial charge < -0.3 is 9.32 Å². The van der Waals surface area contributed by atoms with Crippen molar-refractivity contribution in [3.63, 3.8) is 0 Å². The molecule has 1 atom stereocenters. The molecule has 1 fully saturated rings. The zero-order valence-electron chi connectivity index (χ0n) is 11.7. The van der Waals surface area contributed by atoms with Gasteiger partial charge in [0, 0.05) is 12.6 Å². The molecule has 0 aromatic carbocycles. The molecule has 5 heteroatoms.